The Hall–Kier alpha value is -1.88. The van der Waals surface area contributed by atoms with Crippen LogP contribution in [0.3, 0.4) is 0 Å². The number of urea groups is 1. The lowest BCUT2D eigenvalue weighted by atomic mass is 9.90. The Labute approximate surface area is 187 Å². The van der Waals surface area contributed by atoms with E-state index in [1.807, 2.05) is 13.8 Å². The fraction of sp³-hybridized carbons (Fsp3) is 0.571. The number of aliphatic hydroxyl groups is 1. The van der Waals surface area contributed by atoms with Gasteiger partial charge in [0.25, 0.3) is 0 Å². The molecule has 4 rings (SSSR count). The first-order valence-corrected chi connectivity index (χ1v) is 12.9. The molecular formula is C21H29N5O3S2. The van der Waals surface area contributed by atoms with Gasteiger partial charge in [-0.15, -0.1) is 15.7 Å². The van der Waals surface area contributed by atoms with Crippen LogP contribution < -0.4 is 10.5 Å². The summed E-state index contributed by atoms with van der Waals surface area (Å²) >= 11 is 1.13. The molecule has 0 bridgehead atoms. The molecule has 8 nitrogen and oxygen atoms in total. The summed E-state index contributed by atoms with van der Waals surface area (Å²) in [7, 11) is -3.54. The van der Waals surface area contributed by atoms with E-state index in [9.17, 15) is 14.1 Å². The number of anilines is 1. The summed E-state index contributed by atoms with van der Waals surface area (Å²) in [6, 6.07) is -0.747. The van der Waals surface area contributed by atoms with Gasteiger partial charge in [-0.2, -0.15) is 0 Å². The van der Waals surface area contributed by atoms with Crippen molar-refractivity contribution in [3.05, 3.63) is 33.2 Å². The normalized spacial score (nSPS) is 18.5. The fourth-order valence-electron chi connectivity index (χ4n) is 4.36. The van der Waals surface area contributed by atoms with Gasteiger partial charge in [0.05, 0.1) is 28.7 Å². The second kappa shape index (κ2) is 7.91. The Morgan fingerprint density at radius 1 is 1.29 bits per heavy atom. The maximum absolute atomic E-state index is 13.2. The lowest BCUT2D eigenvalue weighted by Crippen LogP contribution is -2.20. The summed E-state index contributed by atoms with van der Waals surface area (Å²) in [5, 5.41) is 19.2. The lowest BCUT2D eigenvalue weighted by Gasteiger charge is -2.20. The zero-order valence-corrected chi connectivity index (χ0v) is 20.0. The number of rotatable bonds is 4. The molecule has 0 unspecified atom stereocenters. The van der Waals surface area contributed by atoms with Gasteiger partial charge in [-0.05, 0) is 43.2 Å². The molecule has 4 N–H and O–H groups in total. The van der Waals surface area contributed by atoms with E-state index in [1.54, 1.807) is 0 Å². The molecule has 0 aliphatic heterocycles. The Morgan fingerprint density at radius 3 is 2.71 bits per heavy atom. The van der Waals surface area contributed by atoms with Crippen LogP contribution in [0, 0.1) is 0 Å². The van der Waals surface area contributed by atoms with Crippen molar-refractivity contribution in [3.63, 3.8) is 0 Å². The van der Waals surface area contributed by atoms with Gasteiger partial charge in [0, 0.05) is 17.0 Å². The van der Waals surface area contributed by atoms with Crippen LogP contribution >= 0.6 is 11.3 Å². The number of aromatic nitrogens is 2. The highest BCUT2D eigenvalue weighted by atomic mass is 32.2. The minimum atomic E-state index is -3.54. The molecule has 31 heavy (non-hydrogen) atoms. The number of carbonyl (C=O) groups is 1. The number of nitrogens with two attached hydrogens (primary N) is 1. The summed E-state index contributed by atoms with van der Waals surface area (Å²) in [6.07, 6.45) is 4.54. The van der Waals surface area contributed by atoms with Gasteiger partial charge in [0.1, 0.15) is 4.21 Å². The van der Waals surface area contributed by atoms with Crippen molar-refractivity contribution in [1.82, 2.24) is 9.97 Å². The van der Waals surface area contributed by atoms with Crippen LogP contribution in [-0.4, -0.2) is 25.3 Å². The third-order valence-electron chi connectivity index (χ3n) is 6.00. The number of thiazole rings is 1. The van der Waals surface area contributed by atoms with Crippen LogP contribution in [-0.2, 0) is 41.2 Å². The fourth-order valence-corrected chi connectivity index (χ4v) is 6.84. The van der Waals surface area contributed by atoms with Gasteiger partial charge in [-0.25, -0.2) is 19.1 Å². The van der Waals surface area contributed by atoms with Crippen molar-refractivity contribution in [2.45, 2.75) is 81.9 Å². The van der Waals surface area contributed by atoms with E-state index >= 15 is 0 Å². The minimum absolute atomic E-state index is 0.0447. The summed E-state index contributed by atoms with van der Waals surface area (Å²) in [4.78, 5) is 22.1. The van der Waals surface area contributed by atoms with Crippen molar-refractivity contribution in [1.29, 1.82) is 0 Å². The predicted molar refractivity (Wildman–Crippen MR) is 122 cm³/mol. The number of hydrogen-bond donors (Lipinski definition) is 3. The number of amides is 2. The molecular weight excluding hydrogens is 434 g/mol. The van der Waals surface area contributed by atoms with Gasteiger partial charge in [0.15, 0.2) is 9.92 Å². The van der Waals surface area contributed by atoms with E-state index in [0.29, 0.717) is 5.01 Å². The third kappa shape index (κ3) is 4.02. The summed E-state index contributed by atoms with van der Waals surface area (Å²) in [6.45, 7) is 7.81. The maximum atomic E-state index is 13.2. The van der Waals surface area contributed by atoms with E-state index in [4.69, 9.17) is 10.1 Å². The first kappa shape index (κ1) is 22.3. The molecule has 0 saturated carbocycles. The third-order valence-corrected chi connectivity index (χ3v) is 9.37. The molecule has 2 aliphatic rings. The van der Waals surface area contributed by atoms with Crippen LogP contribution in [0.5, 0.6) is 0 Å². The van der Waals surface area contributed by atoms with Crippen LogP contribution in [0.25, 0.3) is 0 Å². The van der Waals surface area contributed by atoms with Gasteiger partial charge in [-0.1, -0.05) is 27.7 Å². The molecule has 0 aromatic carbocycles. The first-order valence-electron chi connectivity index (χ1n) is 10.5. The molecule has 168 valence electrons. The highest BCUT2D eigenvalue weighted by Crippen LogP contribution is 2.44. The van der Waals surface area contributed by atoms with Crippen LogP contribution in [0.4, 0.5) is 10.5 Å². The smallest absolute Gasteiger partial charge is 0.354 e. The molecule has 2 heterocycles. The Kier molecular flexibility index (Phi) is 5.70. The van der Waals surface area contributed by atoms with Crippen molar-refractivity contribution in [2.75, 3.05) is 5.32 Å². The number of nitrogens with zero attached hydrogens (tertiary/aromatic N) is 3. The second-order valence-electron chi connectivity index (χ2n) is 9.17. The topological polar surface area (TPSA) is 131 Å². The number of hydrogen-bond acceptors (Lipinski definition) is 6. The van der Waals surface area contributed by atoms with Crippen LogP contribution in [0.1, 0.15) is 79.7 Å². The van der Waals surface area contributed by atoms with Crippen molar-refractivity contribution in [3.8, 4) is 0 Å². The number of fused-ring (bicyclic) bond motifs is 2. The summed E-state index contributed by atoms with van der Waals surface area (Å²) in [5.41, 5.74) is 5.10. The van der Waals surface area contributed by atoms with E-state index in [0.717, 1.165) is 71.6 Å². The van der Waals surface area contributed by atoms with Crippen LogP contribution in [0.15, 0.2) is 8.57 Å². The largest absolute Gasteiger partial charge is 0.390 e. The number of pyridine rings is 1. The molecule has 0 spiro atoms. The number of aryl methyl sites for hydroxylation is 1. The van der Waals surface area contributed by atoms with Gasteiger partial charge in [-0.3, -0.25) is 4.98 Å². The molecule has 0 radical (unpaired) electrons. The van der Waals surface area contributed by atoms with E-state index < -0.39 is 22.6 Å². The summed E-state index contributed by atoms with van der Waals surface area (Å²) < 4.78 is 17.2. The maximum Gasteiger partial charge on any atom is 0.354 e. The van der Waals surface area contributed by atoms with Gasteiger partial charge >= 0.3 is 6.03 Å². The van der Waals surface area contributed by atoms with Crippen molar-refractivity contribution >= 4 is 33.0 Å². The molecule has 2 aromatic heterocycles. The van der Waals surface area contributed by atoms with E-state index in [1.165, 1.54) is 0 Å². The molecule has 10 heteroatoms. The van der Waals surface area contributed by atoms with E-state index in [2.05, 4.69) is 28.5 Å². The molecule has 0 saturated heterocycles. The van der Waals surface area contributed by atoms with Crippen molar-refractivity contribution < 1.29 is 14.1 Å². The zero-order chi connectivity index (χ0) is 22.6. The molecule has 2 amide bonds. The highest BCUT2D eigenvalue weighted by molar-refractivity contribution is 7.93. The quantitative estimate of drug-likeness (QED) is 0.635. The first-order chi connectivity index (χ1) is 14.5. The number of carbonyl (C=O) groups excluding carboxylic acids is 1. The van der Waals surface area contributed by atoms with Crippen LogP contribution in [0.2, 0.25) is 0 Å². The lowest BCUT2D eigenvalue weighted by molar-refractivity contribution is 0.260. The van der Waals surface area contributed by atoms with Gasteiger partial charge < -0.3 is 10.4 Å². The minimum Gasteiger partial charge on any atom is -0.390 e. The summed E-state index contributed by atoms with van der Waals surface area (Å²) in [5.74, 6) is 0.0819. The standard InChI is InChI=1S/C21H29N5O3S2/c1-11(2)18-24-15(10-27)19(30-18)31(22,29)26-20(28)25-16-12-6-5-7-14(12)23-17-13(16)8-9-21(17,3)4/h11,27H,5-10H2,1-4H3,(H3,22,23,25,26,28,29)/t31-/m0/s1. The number of nitrogens with one attached hydrogen (secondary N) is 1. The highest BCUT2D eigenvalue weighted by Gasteiger charge is 2.36. The Morgan fingerprint density at radius 2 is 2.03 bits per heavy atom. The zero-order valence-electron chi connectivity index (χ0n) is 18.3. The Balaban J connectivity index is 1.72. The van der Waals surface area contributed by atoms with E-state index in [-0.39, 0.29) is 21.2 Å². The molecule has 2 aliphatic carbocycles. The molecule has 2 aromatic rings. The van der Waals surface area contributed by atoms with Crippen molar-refractivity contribution in [2.24, 2.45) is 9.50 Å². The van der Waals surface area contributed by atoms with Gasteiger partial charge in [0.2, 0.25) is 0 Å². The SMILES string of the molecule is CC(C)c1nc(CO)c([S@@](N)(=O)=NC(=O)Nc2c3c(nc4c2CCC4(C)C)CCC3)s1. The predicted octanol–water partition coefficient (Wildman–Crippen LogP) is 3.80. The molecule has 1 atom stereocenters. The Bertz CT molecular complexity index is 1180. The monoisotopic (exact) mass is 463 g/mol. The average molecular weight is 464 g/mol. The molecule has 0 fully saturated rings. The number of aliphatic hydroxyl groups excluding tert-OH is 1. The second-order valence-corrected chi connectivity index (χ2v) is 12.2. The average Bonchev–Trinajstić information content (AvgIpc) is 3.39.